The lowest BCUT2D eigenvalue weighted by Crippen LogP contribution is -2.44. The molecule has 8 heteroatoms. The molecule has 0 bridgehead atoms. The van der Waals surface area contributed by atoms with E-state index in [2.05, 4.69) is 5.32 Å². The number of carbonyl (C=O) groups is 2. The van der Waals surface area contributed by atoms with Gasteiger partial charge in [0, 0.05) is 6.07 Å². The Morgan fingerprint density at radius 2 is 2.00 bits per heavy atom. The highest BCUT2D eigenvalue weighted by molar-refractivity contribution is 5.95. The number of nitrogens with zero attached hydrogens (tertiary/aromatic N) is 2. The van der Waals surface area contributed by atoms with Crippen molar-refractivity contribution in [2.24, 2.45) is 13.0 Å². The molecule has 1 heterocycles. The molecular weight excluding hydrogens is 254 g/mol. The van der Waals surface area contributed by atoms with Gasteiger partial charge in [0.1, 0.15) is 6.04 Å². The SMILES string of the molecule is CC(C)[C@@H](NC(=O)c1ccc([N+](=O)[O-])n1C)C(=O)O. The third-order valence-electron chi connectivity index (χ3n) is 2.73. The zero-order valence-corrected chi connectivity index (χ0v) is 10.8. The Morgan fingerprint density at radius 1 is 1.42 bits per heavy atom. The molecule has 0 aromatic carbocycles. The van der Waals surface area contributed by atoms with Gasteiger partial charge in [-0.15, -0.1) is 0 Å². The molecular formula is C11H15N3O5. The maximum Gasteiger partial charge on any atom is 0.326 e. The van der Waals surface area contributed by atoms with Crippen LogP contribution in [0.15, 0.2) is 12.1 Å². The lowest BCUT2D eigenvalue weighted by atomic mass is 10.0. The Kier molecular flexibility index (Phi) is 4.26. The summed E-state index contributed by atoms with van der Waals surface area (Å²) in [7, 11) is 1.37. The maximum atomic E-state index is 11.9. The normalized spacial score (nSPS) is 12.2. The molecule has 8 nitrogen and oxygen atoms in total. The van der Waals surface area contributed by atoms with Crippen molar-refractivity contribution in [2.75, 3.05) is 0 Å². The molecule has 1 amide bonds. The lowest BCUT2D eigenvalue weighted by molar-refractivity contribution is -0.391. The molecule has 2 N–H and O–H groups in total. The summed E-state index contributed by atoms with van der Waals surface area (Å²) >= 11 is 0. The van der Waals surface area contributed by atoms with E-state index in [-0.39, 0.29) is 17.4 Å². The minimum Gasteiger partial charge on any atom is -0.480 e. The minimum absolute atomic E-state index is 0.0404. The van der Waals surface area contributed by atoms with Crippen molar-refractivity contribution < 1.29 is 19.6 Å². The summed E-state index contributed by atoms with van der Waals surface area (Å²) < 4.78 is 1.11. The average Bonchev–Trinajstić information content (AvgIpc) is 2.66. The molecule has 1 aromatic rings. The Balaban J connectivity index is 2.95. The number of hydrogen-bond donors (Lipinski definition) is 2. The Hall–Kier alpha value is -2.38. The van der Waals surface area contributed by atoms with Gasteiger partial charge in [-0.2, -0.15) is 0 Å². The zero-order chi connectivity index (χ0) is 14.7. The number of nitro groups is 1. The Labute approximate surface area is 109 Å². The highest BCUT2D eigenvalue weighted by Gasteiger charge is 2.27. The third-order valence-corrected chi connectivity index (χ3v) is 2.73. The van der Waals surface area contributed by atoms with E-state index < -0.39 is 22.8 Å². The Morgan fingerprint density at radius 3 is 2.37 bits per heavy atom. The van der Waals surface area contributed by atoms with Gasteiger partial charge >= 0.3 is 11.8 Å². The van der Waals surface area contributed by atoms with Crippen molar-refractivity contribution in [1.29, 1.82) is 0 Å². The van der Waals surface area contributed by atoms with Crippen molar-refractivity contribution in [3.05, 3.63) is 27.9 Å². The van der Waals surface area contributed by atoms with Crippen molar-refractivity contribution in [3.63, 3.8) is 0 Å². The van der Waals surface area contributed by atoms with E-state index >= 15 is 0 Å². The van der Waals surface area contributed by atoms with Gasteiger partial charge in [0.25, 0.3) is 5.91 Å². The topological polar surface area (TPSA) is 114 Å². The van der Waals surface area contributed by atoms with E-state index in [1.165, 1.54) is 19.2 Å². The van der Waals surface area contributed by atoms with Gasteiger partial charge in [0.05, 0.1) is 7.05 Å². The smallest absolute Gasteiger partial charge is 0.326 e. The van der Waals surface area contributed by atoms with Crippen LogP contribution in [0.5, 0.6) is 0 Å². The van der Waals surface area contributed by atoms with Gasteiger partial charge in [-0.3, -0.25) is 4.79 Å². The molecule has 0 unspecified atom stereocenters. The fourth-order valence-electron chi connectivity index (χ4n) is 1.64. The van der Waals surface area contributed by atoms with Crippen molar-refractivity contribution in [3.8, 4) is 0 Å². The number of amides is 1. The van der Waals surface area contributed by atoms with Gasteiger partial charge in [0.15, 0.2) is 5.69 Å². The summed E-state index contributed by atoms with van der Waals surface area (Å²) in [6, 6.07) is 1.44. The molecule has 0 fully saturated rings. The molecule has 104 valence electrons. The van der Waals surface area contributed by atoms with Gasteiger partial charge < -0.3 is 20.5 Å². The highest BCUT2D eigenvalue weighted by atomic mass is 16.6. The standard InChI is InChI=1S/C11H15N3O5/c1-6(2)9(11(16)17)12-10(15)7-4-5-8(13(7)3)14(18)19/h4-6,9H,1-3H3,(H,12,15)(H,16,17)/t9-/m1/s1. The quantitative estimate of drug-likeness (QED) is 0.605. The molecule has 1 atom stereocenters. The fraction of sp³-hybridized carbons (Fsp3) is 0.455. The number of carboxylic acid groups (broad SMARTS) is 1. The summed E-state index contributed by atoms with van der Waals surface area (Å²) in [5, 5.41) is 22.0. The minimum atomic E-state index is -1.15. The molecule has 0 aliphatic carbocycles. The van der Waals surface area contributed by atoms with E-state index in [0.717, 1.165) is 4.57 Å². The number of aliphatic carboxylic acids is 1. The van der Waals surface area contributed by atoms with Crippen LogP contribution in [0.25, 0.3) is 0 Å². The summed E-state index contributed by atoms with van der Waals surface area (Å²) in [5.41, 5.74) is 0.0404. The molecule has 1 rings (SSSR count). The van der Waals surface area contributed by atoms with Crippen molar-refractivity contribution in [2.45, 2.75) is 19.9 Å². The van der Waals surface area contributed by atoms with Gasteiger partial charge in [-0.25, -0.2) is 9.36 Å². The molecule has 1 aromatic heterocycles. The van der Waals surface area contributed by atoms with Crippen molar-refractivity contribution >= 4 is 17.7 Å². The highest BCUT2D eigenvalue weighted by Crippen LogP contribution is 2.15. The monoisotopic (exact) mass is 269 g/mol. The van der Waals surface area contributed by atoms with Crippen LogP contribution in [-0.4, -0.2) is 32.5 Å². The van der Waals surface area contributed by atoms with E-state index in [9.17, 15) is 19.7 Å². The van der Waals surface area contributed by atoms with Crippen LogP contribution in [0.1, 0.15) is 24.3 Å². The summed E-state index contributed by atoms with van der Waals surface area (Å²) in [4.78, 5) is 32.9. The second kappa shape index (κ2) is 5.51. The van der Waals surface area contributed by atoms with E-state index in [1.807, 2.05) is 0 Å². The zero-order valence-electron chi connectivity index (χ0n) is 10.8. The van der Waals surface area contributed by atoms with Gasteiger partial charge in [-0.05, 0) is 16.9 Å². The van der Waals surface area contributed by atoms with Crippen molar-refractivity contribution in [1.82, 2.24) is 9.88 Å². The first kappa shape index (κ1) is 14.7. The number of carboxylic acids is 1. The molecule has 0 saturated heterocycles. The summed E-state index contributed by atoms with van der Waals surface area (Å²) in [6.45, 7) is 3.32. The molecule has 0 aliphatic rings. The van der Waals surface area contributed by atoms with Gasteiger partial charge in [0.2, 0.25) is 0 Å². The van der Waals surface area contributed by atoms with Crippen LogP contribution in [0.2, 0.25) is 0 Å². The maximum absolute atomic E-state index is 11.9. The van der Waals surface area contributed by atoms with Crippen LogP contribution in [0, 0.1) is 16.0 Å². The largest absolute Gasteiger partial charge is 0.480 e. The lowest BCUT2D eigenvalue weighted by Gasteiger charge is -2.17. The first-order valence-electron chi connectivity index (χ1n) is 5.59. The summed E-state index contributed by atoms with van der Waals surface area (Å²) in [5.74, 6) is -2.33. The Bertz CT molecular complexity index is 520. The number of hydrogen-bond acceptors (Lipinski definition) is 4. The number of rotatable bonds is 5. The molecule has 0 spiro atoms. The third kappa shape index (κ3) is 3.09. The first-order chi connectivity index (χ1) is 8.75. The van der Waals surface area contributed by atoms with Crippen LogP contribution < -0.4 is 5.32 Å². The number of aromatic nitrogens is 1. The molecule has 0 aliphatic heterocycles. The van der Waals surface area contributed by atoms with E-state index in [4.69, 9.17) is 5.11 Å². The second-order valence-corrected chi connectivity index (χ2v) is 4.43. The molecule has 19 heavy (non-hydrogen) atoms. The fourth-order valence-corrected chi connectivity index (χ4v) is 1.64. The average molecular weight is 269 g/mol. The predicted molar refractivity (Wildman–Crippen MR) is 65.8 cm³/mol. The van der Waals surface area contributed by atoms with Gasteiger partial charge in [-0.1, -0.05) is 13.8 Å². The van der Waals surface area contributed by atoms with E-state index in [1.54, 1.807) is 13.8 Å². The van der Waals surface area contributed by atoms with E-state index in [0.29, 0.717) is 0 Å². The first-order valence-corrected chi connectivity index (χ1v) is 5.59. The predicted octanol–water partition coefficient (Wildman–Crippen LogP) is 0.772. The molecule has 0 saturated carbocycles. The number of carbonyl (C=O) groups excluding carboxylic acids is 1. The van der Waals surface area contributed by atoms with Crippen LogP contribution in [0.4, 0.5) is 5.82 Å². The van der Waals surface area contributed by atoms with Crippen LogP contribution >= 0.6 is 0 Å². The molecule has 0 radical (unpaired) electrons. The number of nitrogens with one attached hydrogen (secondary N) is 1. The van der Waals surface area contributed by atoms with Crippen LogP contribution in [0.3, 0.4) is 0 Å². The van der Waals surface area contributed by atoms with Crippen LogP contribution in [-0.2, 0) is 11.8 Å². The second-order valence-electron chi connectivity index (χ2n) is 4.43. The summed E-state index contributed by atoms with van der Waals surface area (Å²) in [6.07, 6.45) is 0.